The summed E-state index contributed by atoms with van der Waals surface area (Å²) in [4.78, 5) is 11.6. The number of amides is 1. The van der Waals surface area contributed by atoms with Crippen LogP contribution in [0.15, 0.2) is 29.2 Å². The number of carbonyl (C=O) groups is 1. The van der Waals surface area contributed by atoms with Crippen LogP contribution in [0.25, 0.3) is 0 Å². The second-order valence-electron chi connectivity index (χ2n) is 5.10. The molecular formula is C13H20ClN3O3S. The number of carbonyl (C=O) groups excluding carboxylic acids is 1. The zero-order valence-electron chi connectivity index (χ0n) is 11.7. The van der Waals surface area contributed by atoms with E-state index in [0.717, 1.165) is 12.8 Å². The highest BCUT2D eigenvalue weighted by Gasteiger charge is 2.24. The van der Waals surface area contributed by atoms with Crippen molar-refractivity contribution in [1.82, 2.24) is 4.72 Å². The zero-order chi connectivity index (χ0) is 14.8. The number of rotatable bonds is 6. The second-order valence-corrected chi connectivity index (χ2v) is 6.86. The van der Waals surface area contributed by atoms with Crippen molar-refractivity contribution in [2.45, 2.75) is 30.7 Å². The van der Waals surface area contributed by atoms with E-state index in [1.807, 2.05) is 0 Å². The Morgan fingerprint density at radius 2 is 1.90 bits per heavy atom. The monoisotopic (exact) mass is 333 g/mol. The lowest BCUT2D eigenvalue weighted by molar-refractivity contribution is -0.117. The molecule has 1 fully saturated rings. The topological polar surface area (TPSA) is 101 Å². The van der Waals surface area contributed by atoms with Gasteiger partial charge in [0, 0.05) is 12.2 Å². The lowest BCUT2D eigenvalue weighted by Crippen LogP contribution is -2.32. The van der Waals surface area contributed by atoms with Gasteiger partial charge in [0.05, 0.1) is 10.9 Å². The molecule has 1 aromatic rings. The first-order valence-corrected chi connectivity index (χ1v) is 8.03. The van der Waals surface area contributed by atoms with Crippen LogP contribution in [0.3, 0.4) is 0 Å². The highest BCUT2D eigenvalue weighted by Crippen LogP contribution is 2.28. The molecule has 1 amide bonds. The van der Waals surface area contributed by atoms with E-state index in [1.54, 1.807) is 19.1 Å². The number of nitrogens with two attached hydrogens (primary N) is 1. The average Bonchev–Trinajstić information content (AvgIpc) is 3.21. The summed E-state index contributed by atoms with van der Waals surface area (Å²) in [7, 11) is -3.46. The molecule has 0 saturated heterocycles. The molecule has 1 aliphatic rings. The molecule has 1 atom stereocenters. The first-order valence-electron chi connectivity index (χ1n) is 6.54. The molecule has 4 N–H and O–H groups in total. The summed E-state index contributed by atoms with van der Waals surface area (Å²) in [6.07, 6.45) is 2.18. The predicted octanol–water partition coefficient (Wildman–Crippen LogP) is 1.08. The normalized spacial score (nSPS) is 15.9. The molecule has 8 heteroatoms. The Morgan fingerprint density at radius 1 is 1.33 bits per heavy atom. The number of benzene rings is 1. The van der Waals surface area contributed by atoms with Gasteiger partial charge in [0.25, 0.3) is 0 Å². The van der Waals surface area contributed by atoms with Crippen molar-refractivity contribution in [2.24, 2.45) is 11.7 Å². The van der Waals surface area contributed by atoms with E-state index in [9.17, 15) is 13.2 Å². The van der Waals surface area contributed by atoms with Crippen molar-refractivity contribution >= 4 is 34.0 Å². The Kier molecular flexibility index (Phi) is 6.15. The molecule has 0 aromatic heterocycles. The van der Waals surface area contributed by atoms with Crippen molar-refractivity contribution in [1.29, 1.82) is 0 Å². The van der Waals surface area contributed by atoms with E-state index >= 15 is 0 Å². The number of anilines is 1. The van der Waals surface area contributed by atoms with Crippen molar-refractivity contribution in [3.05, 3.63) is 24.3 Å². The van der Waals surface area contributed by atoms with Crippen LogP contribution in [-0.2, 0) is 14.8 Å². The molecule has 1 aliphatic carbocycles. The third kappa shape index (κ3) is 5.28. The van der Waals surface area contributed by atoms with E-state index in [1.165, 1.54) is 12.1 Å². The van der Waals surface area contributed by atoms with Gasteiger partial charge in [-0.15, -0.1) is 12.4 Å². The molecule has 0 unspecified atom stereocenters. The van der Waals surface area contributed by atoms with Gasteiger partial charge in [0.1, 0.15) is 0 Å². The fraction of sp³-hybridized carbons (Fsp3) is 0.462. The minimum atomic E-state index is -3.46. The third-order valence-corrected chi connectivity index (χ3v) is 4.54. The minimum Gasteiger partial charge on any atom is -0.325 e. The van der Waals surface area contributed by atoms with Gasteiger partial charge >= 0.3 is 0 Å². The molecule has 118 valence electrons. The van der Waals surface area contributed by atoms with Crippen LogP contribution in [0.2, 0.25) is 0 Å². The summed E-state index contributed by atoms with van der Waals surface area (Å²) in [6.45, 7) is 2.07. The first-order chi connectivity index (χ1) is 9.38. The lowest BCUT2D eigenvalue weighted by Gasteiger charge is -2.09. The number of hydrogen-bond acceptors (Lipinski definition) is 4. The molecule has 1 saturated carbocycles. The average molecular weight is 334 g/mol. The number of halogens is 1. The van der Waals surface area contributed by atoms with Gasteiger partial charge in [-0.25, -0.2) is 13.1 Å². The fourth-order valence-electron chi connectivity index (χ4n) is 1.61. The van der Waals surface area contributed by atoms with Gasteiger partial charge in [-0.1, -0.05) is 0 Å². The molecule has 2 rings (SSSR count). The number of sulfonamides is 1. The number of hydrogen-bond donors (Lipinski definition) is 3. The molecule has 0 radical (unpaired) electrons. The Labute approximate surface area is 130 Å². The highest BCUT2D eigenvalue weighted by atomic mass is 35.5. The molecule has 0 aliphatic heterocycles. The largest absolute Gasteiger partial charge is 0.325 e. The smallest absolute Gasteiger partial charge is 0.240 e. The van der Waals surface area contributed by atoms with Gasteiger partial charge in [0.2, 0.25) is 15.9 Å². The molecule has 1 aromatic carbocycles. The van der Waals surface area contributed by atoms with E-state index in [4.69, 9.17) is 5.73 Å². The highest BCUT2D eigenvalue weighted by molar-refractivity contribution is 7.89. The van der Waals surface area contributed by atoms with Crippen LogP contribution < -0.4 is 15.8 Å². The maximum absolute atomic E-state index is 12.0. The van der Waals surface area contributed by atoms with Crippen molar-refractivity contribution < 1.29 is 13.2 Å². The van der Waals surface area contributed by atoms with Crippen molar-refractivity contribution in [3.63, 3.8) is 0 Å². The van der Waals surface area contributed by atoms with Gasteiger partial charge in [-0.05, 0) is 49.9 Å². The number of nitrogens with one attached hydrogen (secondary N) is 2. The lowest BCUT2D eigenvalue weighted by atomic mass is 10.3. The molecule has 0 heterocycles. The van der Waals surface area contributed by atoms with Crippen LogP contribution in [0.4, 0.5) is 5.69 Å². The summed E-state index contributed by atoms with van der Waals surface area (Å²) in [5.41, 5.74) is 5.96. The Hall–Kier alpha value is -1.15. The Bertz CT molecular complexity index is 583. The summed E-state index contributed by atoms with van der Waals surface area (Å²) < 4.78 is 26.6. The fourth-order valence-corrected chi connectivity index (χ4v) is 2.72. The molecule has 21 heavy (non-hydrogen) atoms. The summed E-state index contributed by atoms with van der Waals surface area (Å²) in [6, 6.07) is 5.41. The van der Waals surface area contributed by atoms with E-state index in [-0.39, 0.29) is 23.2 Å². The quantitative estimate of drug-likeness (QED) is 0.725. The second kappa shape index (κ2) is 7.22. The zero-order valence-corrected chi connectivity index (χ0v) is 13.3. The Morgan fingerprint density at radius 3 is 2.38 bits per heavy atom. The van der Waals surface area contributed by atoms with Gasteiger partial charge in [-0.3, -0.25) is 4.79 Å². The van der Waals surface area contributed by atoms with E-state index in [2.05, 4.69) is 10.0 Å². The maximum atomic E-state index is 12.0. The van der Waals surface area contributed by atoms with Crippen LogP contribution in [0.5, 0.6) is 0 Å². The standard InChI is InChI=1S/C13H19N3O3S.ClH/c1-9(14)13(17)16-11-4-6-12(7-5-11)20(18,19)15-8-10-2-3-10;/h4-7,9-10,15H,2-3,8,14H2,1H3,(H,16,17);1H/t9-;/m0./s1. The van der Waals surface area contributed by atoms with E-state index < -0.39 is 16.1 Å². The Balaban J connectivity index is 0.00000220. The first kappa shape index (κ1) is 17.9. The molecule has 0 bridgehead atoms. The van der Waals surface area contributed by atoms with Gasteiger partial charge in [-0.2, -0.15) is 0 Å². The van der Waals surface area contributed by atoms with Crippen LogP contribution in [-0.4, -0.2) is 26.9 Å². The van der Waals surface area contributed by atoms with Crippen molar-refractivity contribution in [3.8, 4) is 0 Å². The molecule has 6 nitrogen and oxygen atoms in total. The van der Waals surface area contributed by atoms with Crippen molar-refractivity contribution in [2.75, 3.05) is 11.9 Å². The molecular weight excluding hydrogens is 314 g/mol. The van der Waals surface area contributed by atoms with Crippen LogP contribution in [0.1, 0.15) is 19.8 Å². The van der Waals surface area contributed by atoms with Crippen LogP contribution >= 0.6 is 12.4 Å². The maximum Gasteiger partial charge on any atom is 0.240 e. The predicted molar refractivity (Wildman–Crippen MR) is 83.9 cm³/mol. The minimum absolute atomic E-state index is 0. The third-order valence-electron chi connectivity index (χ3n) is 3.10. The SMILES string of the molecule is C[C@H](N)C(=O)Nc1ccc(S(=O)(=O)NCC2CC2)cc1.Cl. The summed E-state index contributed by atoms with van der Waals surface area (Å²) >= 11 is 0. The summed E-state index contributed by atoms with van der Waals surface area (Å²) in [5, 5.41) is 2.60. The van der Waals surface area contributed by atoms with Gasteiger partial charge in [0.15, 0.2) is 0 Å². The summed E-state index contributed by atoms with van der Waals surface area (Å²) in [5.74, 6) is 0.168. The van der Waals surface area contributed by atoms with E-state index in [0.29, 0.717) is 18.2 Å². The molecule has 0 spiro atoms. The van der Waals surface area contributed by atoms with Gasteiger partial charge < -0.3 is 11.1 Å². The van der Waals surface area contributed by atoms with Crippen LogP contribution in [0, 0.1) is 5.92 Å².